The monoisotopic (exact) mass is 298 g/mol. The predicted molar refractivity (Wildman–Crippen MR) is 72.7 cm³/mol. The molecule has 0 bridgehead atoms. The van der Waals surface area contributed by atoms with Gasteiger partial charge in [-0.1, -0.05) is 0 Å². The van der Waals surface area contributed by atoms with E-state index in [1.165, 1.54) is 17.7 Å². The third-order valence-electron chi connectivity index (χ3n) is 3.85. The maximum Gasteiger partial charge on any atom is 0.268 e. The first-order valence-corrected chi connectivity index (χ1v) is 7.25. The quantitative estimate of drug-likeness (QED) is 0.429. The molecule has 20 heavy (non-hydrogen) atoms. The molecule has 1 aliphatic heterocycles. The van der Waals surface area contributed by atoms with E-state index in [0.717, 1.165) is 10.5 Å². The molecule has 1 aliphatic rings. The molecule has 1 unspecified atom stereocenters. The van der Waals surface area contributed by atoms with E-state index < -0.39 is 18.2 Å². The molecule has 0 aliphatic carbocycles. The number of aliphatic hydroxyl groups excluding tert-OH is 3. The van der Waals surface area contributed by atoms with Gasteiger partial charge in [-0.3, -0.25) is 4.79 Å². The molecule has 2 aromatic heterocycles. The van der Waals surface area contributed by atoms with Gasteiger partial charge in [0.2, 0.25) is 0 Å². The SMILES string of the molecule is O=c1[nH]cnc2c(C[NH+]3C[C@H](O)[C@H](O)[C@H]3CO)csc12. The Hall–Kier alpha value is -1.32. The fourth-order valence-electron chi connectivity index (χ4n) is 2.77. The van der Waals surface area contributed by atoms with Crippen LogP contribution in [0.2, 0.25) is 0 Å². The summed E-state index contributed by atoms with van der Waals surface area (Å²) >= 11 is 1.33. The Bertz CT molecular complexity index is 670. The minimum Gasteiger partial charge on any atom is -0.390 e. The van der Waals surface area contributed by atoms with Crippen LogP contribution in [0.15, 0.2) is 16.5 Å². The highest BCUT2D eigenvalue weighted by Crippen LogP contribution is 2.20. The number of nitrogens with one attached hydrogen (secondary N) is 2. The highest BCUT2D eigenvalue weighted by atomic mass is 32.1. The van der Waals surface area contributed by atoms with Gasteiger partial charge in [-0.25, -0.2) is 4.98 Å². The molecule has 5 N–H and O–H groups in total. The molecule has 108 valence electrons. The van der Waals surface area contributed by atoms with Gasteiger partial charge in [0, 0.05) is 10.9 Å². The number of aliphatic hydroxyl groups is 3. The van der Waals surface area contributed by atoms with Crippen LogP contribution >= 0.6 is 11.3 Å². The van der Waals surface area contributed by atoms with Crippen molar-refractivity contribution in [1.82, 2.24) is 9.97 Å². The average Bonchev–Trinajstić information content (AvgIpc) is 2.94. The number of H-pyrrole nitrogens is 1. The fraction of sp³-hybridized carbons (Fsp3) is 0.500. The Balaban J connectivity index is 1.90. The zero-order chi connectivity index (χ0) is 14.3. The Morgan fingerprint density at radius 3 is 3.05 bits per heavy atom. The van der Waals surface area contributed by atoms with Crippen LogP contribution in [0.3, 0.4) is 0 Å². The van der Waals surface area contributed by atoms with Crippen LogP contribution in [0.4, 0.5) is 0 Å². The second-order valence-electron chi connectivity index (χ2n) is 5.06. The maximum absolute atomic E-state index is 11.6. The summed E-state index contributed by atoms with van der Waals surface area (Å²) in [5.41, 5.74) is 1.38. The van der Waals surface area contributed by atoms with Crippen molar-refractivity contribution >= 4 is 21.6 Å². The van der Waals surface area contributed by atoms with Crippen molar-refractivity contribution in [2.45, 2.75) is 24.8 Å². The Morgan fingerprint density at radius 1 is 1.50 bits per heavy atom. The number of rotatable bonds is 3. The summed E-state index contributed by atoms with van der Waals surface area (Å²) in [5, 5.41) is 30.7. The second kappa shape index (κ2) is 5.23. The molecule has 1 saturated heterocycles. The Morgan fingerprint density at radius 2 is 2.30 bits per heavy atom. The fourth-order valence-corrected chi connectivity index (χ4v) is 3.69. The van der Waals surface area contributed by atoms with Crippen molar-refractivity contribution in [2.75, 3.05) is 13.2 Å². The largest absolute Gasteiger partial charge is 0.390 e. The van der Waals surface area contributed by atoms with Crippen LogP contribution in [0.5, 0.6) is 0 Å². The first-order chi connectivity index (χ1) is 9.61. The Labute approximate surface area is 118 Å². The van der Waals surface area contributed by atoms with Crippen LogP contribution in [-0.4, -0.2) is 56.7 Å². The van der Waals surface area contributed by atoms with E-state index >= 15 is 0 Å². The number of aromatic amines is 1. The third kappa shape index (κ3) is 2.15. The molecule has 0 aromatic carbocycles. The summed E-state index contributed by atoms with van der Waals surface area (Å²) in [6.45, 7) is 0.687. The summed E-state index contributed by atoms with van der Waals surface area (Å²) in [7, 11) is 0. The number of nitrogens with zero attached hydrogens (tertiary/aromatic N) is 1. The molecule has 3 heterocycles. The normalized spacial score (nSPS) is 30.1. The lowest BCUT2D eigenvalue weighted by Crippen LogP contribution is -3.13. The number of hydrogen-bond donors (Lipinski definition) is 5. The van der Waals surface area contributed by atoms with E-state index in [2.05, 4.69) is 9.97 Å². The Kier molecular flexibility index (Phi) is 3.57. The summed E-state index contributed by atoms with van der Waals surface area (Å²) in [6.07, 6.45) is -0.382. The van der Waals surface area contributed by atoms with Gasteiger partial charge in [0.25, 0.3) is 5.56 Å². The molecular formula is C12H16N3O4S+. The van der Waals surface area contributed by atoms with Gasteiger partial charge in [0.1, 0.15) is 36.0 Å². The molecule has 4 atom stereocenters. The number of likely N-dealkylation sites (tertiary alicyclic amines) is 1. The highest BCUT2D eigenvalue weighted by molar-refractivity contribution is 7.17. The van der Waals surface area contributed by atoms with Gasteiger partial charge < -0.3 is 25.2 Å². The number of thiophene rings is 1. The molecule has 0 amide bonds. The summed E-state index contributed by atoms with van der Waals surface area (Å²) < 4.78 is 0.572. The molecule has 0 radical (unpaired) electrons. The lowest BCUT2D eigenvalue weighted by atomic mass is 10.1. The van der Waals surface area contributed by atoms with Crippen LogP contribution in [0, 0.1) is 0 Å². The van der Waals surface area contributed by atoms with E-state index in [4.69, 9.17) is 0 Å². The smallest absolute Gasteiger partial charge is 0.268 e. The van der Waals surface area contributed by atoms with E-state index in [-0.39, 0.29) is 12.2 Å². The van der Waals surface area contributed by atoms with Gasteiger partial charge in [0.05, 0.1) is 18.5 Å². The lowest BCUT2D eigenvalue weighted by Gasteiger charge is -2.20. The van der Waals surface area contributed by atoms with Crippen molar-refractivity contribution < 1.29 is 20.2 Å². The van der Waals surface area contributed by atoms with Gasteiger partial charge in [-0.15, -0.1) is 11.3 Å². The molecule has 0 spiro atoms. The summed E-state index contributed by atoms with van der Waals surface area (Å²) in [6, 6.07) is -0.415. The van der Waals surface area contributed by atoms with Crippen LogP contribution < -0.4 is 10.5 Å². The molecule has 3 rings (SSSR count). The van der Waals surface area contributed by atoms with Crippen molar-refractivity contribution in [2.24, 2.45) is 0 Å². The van der Waals surface area contributed by atoms with Crippen molar-refractivity contribution in [1.29, 1.82) is 0 Å². The van der Waals surface area contributed by atoms with E-state index in [0.29, 0.717) is 23.3 Å². The summed E-state index contributed by atoms with van der Waals surface area (Å²) in [5.74, 6) is 0. The summed E-state index contributed by atoms with van der Waals surface area (Å²) in [4.78, 5) is 19.3. The molecule has 1 fully saturated rings. The van der Waals surface area contributed by atoms with Crippen LogP contribution in [-0.2, 0) is 6.54 Å². The van der Waals surface area contributed by atoms with E-state index in [1.54, 1.807) is 0 Å². The van der Waals surface area contributed by atoms with E-state index in [1.807, 2.05) is 5.38 Å². The minimum atomic E-state index is -0.920. The molecule has 7 nitrogen and oxygen atoms in total. The molecule has 2 aromatic rings. The number of fused-ring (bicyclic) bond motifs is 1. The second-order valence-corrected chi connectivity index (χ2v) is 5.94. The number of aromatic nitrogens is 2. The van der Waals surface area contributed by atoms with Gasteiger partial charge >= 0.3 is 0 Å². The van der Waals surface area contributed by atoms with E-state index in [9.17, 15) is 20.1 Å². The molecular weight excluding hydrogens is 282 g/mol. The standard InChI is InChI=1S/C12H15N3O4S/c16-3-7-10(18)8(17)2-15(7)1-6-4-20-11-9(6)13-5-14-12(11)19/h4-5,7-8,10,16-18H,1-3H2,(H,13,14,19)/p+1/t7-,8+,10-/m1/s1. The van der Waals surface area contributed by atoms with Gasteiger partial charge in [-0.05, 0) is 0 Å². The molecule has 0 saturated carbocycles. The third-order valence-corrected chi connectivity index (χ3v) is 4.87. The van der Waals surface area contributed by atoms with Crippen LogP contribution in [0.25, 0.3) is 10.2 Å². The first kappa shape index (κ1) is 13.7. The van der Waals surface area contributed by atoms with Crippen molar-refractivity contribution in [3.8, 4) is 0 Å². The zero-order valence-corrected chi connectivity index (χ0v) is 11.4. The number of quaternary nitrogens is 1. The van der Waals surface area contributed by atoms with Crippen molar-refractivity contribution in [3.05, 3.63) is 27.6 Å². The van der Waals surface area contributed by atoms with Gasteiger partial charge in [-0.2, -0.15) is 0 Å². The lowest BCUT2D eigenvalue weighted by molar-refractivity contribution is -0.928. The minimum absolute atomic E-state index is 0.165. The van der Waals surface area contributed by atoms with Crippen LogP contribution in [0.1, 0.15) is 5.56 Å². The topological polar surface area (TPSA) is 111 Å². The first-order valence-electron chi connectivity index (χ1n) is 6.37. The predicted octanol–water partition coefficient (Wildman–Crippen LogP) is -2.53. The van der Waals surface area contributed by atoms with Gasteiger partial charge in [0.15, 0.2) is 0 Å². The average molecular weight is 298 g/mol. The highest BCUT2D eigenvalue weighted by Gasteiger charge is 2.43. The van der Waals surface area contributed by atoms with Crippen molar-refractivity contribution in [3.63, 3.8) is 0 Å². The molecule has 8 heteroatoms. The maximum atomic E-state index is 11.6. The number of hydrogen-bond acceptors (Lipinski definition) is 6. The zero-order valence-electron chi connectivity index (χ0n) is 10.6.